The molecule has 1 aliphatic carbocycles. The standard InChI is InChI=1S/C15H15BrClN3O/c1-2-18-15-12(16)13(8-3-4-8)19-14(20-15)9-5-6-11(21)10(17)7-9/h5-8,21H,2-4H2,1H3,(H,18,19,20). The van der Waals surface area contributed by atoms with Crippen LogP contribution in [0.5, 0.6) is 5.75 Å². The molecule has 0 spiro atoms. The van der Waals surface area contributed by atoms with Gasteiger partial charge in [-0.2, -0.15) is 0 Å². The molecule has 0 saturated heterocycles. The molecular formula is C15H15BrClN3O. The summed E-state index contributed by atoms with van der Waals surface area (Å²) in [5, 5.41) is 13.1. The minimum absolute atomic E-state index is 0.0619. The molecule has 0 amide bonds. The number of phenolic OH excluding ortho intramolecular Hbond substituents is 1. The first-order valence-electron chi connectivity index (χ1n) is 6.90. The predicted molar refractivity (Wildman–Crippen MR) is 88.0 cm³/mol. The molecule has 4 nitrogen and oxygen atoms in total. The van der Waals surface area contributed by atoms with Crippen molar-refractivity contribution in [3.8, 4) is 17.1 Å². The number of phenols is 1. The van der Waals surface area contributed by atoms with Gasteiger partial charge in [-0.15, -0.1) is 0 Å². The summed E-state index contributed by atoms with van der Waals surface area (Å²) in [6, 6.07) is 5.02. The second kappa shape index (κ2) is 5.81. The first-order chi connectivity index (χ1) is 10.1. The van der Waals surface area contributed by atoms with Crippen LogP contribution in [0.2, 0.25) is 5.02 Å². The van der Waals surface area contributed by atoms with Crippen LogP contribution in [0.25, 0.3) is 11.4 Å². The maximum absolute atomic E-state index is 9.53. The highest BCUT2D eigenvalue weighted by Crippen LogP contribution is 2.44. The van der Waals surface area contributed by atoms with Crippen molar-refractivity contribution in [1.29, 1.82) is 0 Å². The van der Waals surface area contributed by atoms with E-state index in [-0.39, 0.29) is 5.75 Å². The maximum Gasteiger partial charge on any atom is 0.161 e. The fourth-order valence-electron chi connectivity index (χ4n) is 2.15. The molecule has 1 aromatic heterocycles. The third-order valence-electron chi connectivity index (χ3n) is 3.39. The molecule has 0 bridgehead atoms. The minimum atomic E-state index is 0.0619. The lowest BCUT2D eigenvalue weighted by atomic mass is 10.2. The third-order valence-corrected chi connectivity index (χ3v) is 4.48. The molecule has 0 unspecified atom stereocenters. The number of hydrogen-bond acceptors (Lipinski definition) is 4. The molecule has 1 heterocycles. The van der Waals surface area contributed by atoms with E-state index < -0.39 is 0 Å². The van der Waals surface area contributed by atoms with Crippen LogP contribution in [-0.2, 0) is 0 Å². The number of benzene rings is 1. The van der Waals surface area contributed by atoms with E-state index in [9.17, 15) is 5.11 Å². The van der Waals surface area contributed by atoms with Gasteiger partial charge in [0.05, 0.1) is 15.2 Å². The fraction of sp³-hybridized carbons (Fsp3) is 0.333. The van der Waals surface area contributed by atoms with Crippen LogP contribution >= 0.6 is 27.5 Å². The Balaban J connectivity index is 2.10. The number of aromatic hydroxyl groups is 1. The Kier molecular flexibility index (Phi) is 4.04. The first kappa shape index (κ1) is 14.6. The number of rotatable bonds is 4. The molecule has 1 aromatic carbocycles. The molecule has 0 radical (unpaired) electrons. The highest BCUT2D eigenvalue weighted by molar-refractivity contribution is 9.10. The van der Waals surface area contributed by atoms with E-state index >= 15 is 0 Å². The Hall–Kier alpha value is -1.33. The summed E-state index contributed by atoms with van der Waals surface area (Å²) in [6.45, 7) is 2.82. The second-order valence-electron chi connectivity index (χ2n) is 5.07. The summed E-state index contributed by atoms with van der Waals surface area (Å²) >= 11 is 9.58. The smallest absolute Gasteiger partial charge is 0.161 e. The molecule has 1 fully saturated rings. The average Bonchev–Trinajstić information content (AvgIpc) is 3.29. The Morgan fingerprint density at radius 1 is 1.38 bits per heavy atom. The predicted octanol–water partition coefficient (Wildman–Crippen LogP) is 4.57. The molecule has 21 heavy (non-hydrogen) atoms. The van der Waals surface area contributed by atoms with Crippen LogP contribution < -0.4 is 5.32 Å². The van der Waals surface area contributed by atoms with Crippen molar-refractivity contribution in [2.24, 2.45) is 0 Å². The van der Waals surface area contributed by atoms with Crippen molar-refractivity contribution in [3.05, 3.63) is 33.4 Å². The Labute approximate surface area is 136 Å². The summed E-state index contributed by atoms with van der Waals surface area (Å²) in [5.74, 6) is 1.99. The normalized spacial score (nSPS) is 14.2. The molecule has 0 atom stereocenters. The molecule has 2 aromatic rings. The van der Waals surface area contributed by atoms with E-state index in [0.717, 1.165) is 40.9 Å². The Morgan fingerprint density at radius 2 is 2.14 bits per heavy atom. The van der Waals surface area contributed by atoms with Crippen LogP contribution in [0.1, 0.15) is 31.4 Å². The van der Waals surface area contributed by atoms with E-state index in [0.29, 0.717) is 16.8 Å². The summed E-state index contributed by atoms with van der Waals surface area (Å²) in [7, 11) is 0. The van der Waals surface area contributed by atoms with Crippen molar-refractivity contribution in [3.63, 3.8) is 0 Å². The summed E-state index contributed by atoms with van der Waals surface area (Å²) in [4.78, 5) is 9.24. The molecular weight excluding hydrogens is 354 g/mol. The van der Waals surface area contributed by atoms with Gasteiger partial charge >= 0.3 is 0 Å². The van der Waals surface area contributed by atoms with Crippen LogP contribution in [0.4, 0.5) is 5.82 Å². The number of nitrogens with one attached hydrogen (secondary N) is 1. The SMILES string of the molecule is CCNc1nc(-c2ccc(O)c(Cl)c2)nc(C2CC2)c1Br. The molecule has 0 aliphatic heterocycles. The van der Waals surface area contributed by atoms with Gasteiger partial charge in [0.15, 0.2) is 5.82 Å². The third kappa shape index (κ3) is 2.99. The summed E-state index contributed by atoms with van der Waals surface area (Å²) < 4.78 is 0.945. The zero-order chi connectivity index (χ0) is 15.0. The van der Waals surface area contributed by atoms with E-state index in [4.69, 9.17) is 11.6 Å². The van der Waals surface area contributed by atoms with Crippen molar-refractivity contribution in [1.82, 2.24) is 9.97 Å². The van der Waals surface area contributed by atoms with Crippen LogP contribution in [0.15, 0.2) is 22.7 Å². The number of anilines is 1. The van der Waals surface area contributed by atoms with Crippen molar-refractivity contribution in [2.45, 2.75) is 25.7 Å². The van der Waals surface area contributed by atoms with E-state index in [1.807, 2.05) is 6.92 Å². The molecule has 3 rings (SSSR count). The van der Waals surface area contributed by atoms with Gasteiger partial charge in [0.1, 0.15) is 11.6 Å². The van der Waals surface area contributed by atoms with Crippen LogP contribution in [-0.4, -0.2) is 21.6 Å². The summed E-state index contributed by atoms with van der Waals surface area (Å²) in [6.07, 6.45) is 2.33. The largest absolute Gasteiger partial charge is 0.506 e. The quantitative estimate of drug-likeness (QED) is 0.829. The molecule has 6 heteroatoms. The van der Waals surface area contributed by atoms with Crippen LogP contribution in [0, 0.1) is 0 Å². The number of aromatic nitrogens is 2. The van der Waals surface area contributed by atoms with Gasteiger partial charge in [-0.25, -0.2) is 9.97 Å². The monoisotopic (exact) mass is 367 g/mol. The topological polar surface area (TPSA) is 58.0 Å². The zero-order valence-electron chi connectivity index (χ0n) is 11.5. The lowest BCUT2D eigenvalue weighted by Gasteiger charge is -2.12. The van der Waals surface area contributed by atoms with Crippen molar-refractivity contribution in [2.75, 3.05) is 11.9 Å². The van der Waals surface area contributed by atoms with Crippen LogP contribution in [0.3, 0.4) is 0 Å². The minimum Gasteiger partial charge on any atom is -0.506 e. The Bertz CT molecular complexity index is 689. The van der Waals surface area contributed by atoms with E-state index in [1.54, 1.807) is 18.2 Å². The van der Waals surface area contributed by atoms with Crippen molar-refractivity contribution < 1.29 is 5.11 Å². The molecule has 1 aliphatic rings. The van der Waals surface area contributed by atoms with Crippen molar-refractivity contribution >= 4 is 33.3 Å². The lowest BCUT2D eigenvalue weighted by Crippen LogP contribution is -2.05. The number of hydrogen-bond donors (Lipinski definition) is 2. The molecule has 2 N–H and O–H groups in total. The van der Waals surface area contributed by atoms with Gasteiger partial charge < -0.3 is 10.4 Å². The number of nitrogens with zero attached hydrogens (tertiary/aromatic N) is 2. The van der Waals surface area contributed by atoms with Gasteiger partial charge in [-0.3, -0.25) is 0 Å². The van der Waals surface area contributed by atoms with Gasteiger partial charge in [0, 0.05) is 18.0 Å². The Morgan fingerprint density at radius 3 is 2.76 bits per heavy atom. The fourth-order valence-corrected chi connectivity index (χ4v) is 2.97. The maximum atomic E-state index is 9.53. The molecule has 110 valence electrons. The second-order valence-corrected chi connectivity index (χ2v) is 6.27. The summed E-state index contributed by atoms with van der Waals surface area (Å²) in [5.41, 5.74) is 1.84. The molecule has 1 saturated carbocycles. The van der Waals surface area contributed by atoms with E-state index in [2.05, 4.69) is 31.2 Å². The van der Waals surface area contributed by atoms with Gasteiger partial charge in [0.25, 0.3) is 0 Å². The number of halogens is 2. The highest BCUT2D eigenvalue weighted by atomic mass is 79.9. The van der Waals surface area contributed by atoms with E-state index in [1.165, 1.54) is 0 Å². The average molecular weight is 369 g/mol. The highest BCUT2D eigenvalue weighted by Gasteiger charge is 2.29. The van der Waals surface area contributed by atoms with Gasteiger partial charge in [-0.1, -0.05) is 11.6 Å². The lowest BCUT2D eigenvalue weighted by molar-refractivity contribution is 0.475. The van der Waals surface area contributed by atoms with Gasteiger partial charge in [0.2, 0.25) is 0 Å². The zero-order valence-corrected chi connectivity index (χ0v) is 13.9. The van der Waals surface area contributed by atoms with Gasteiger partial charge in [-0.05, 0) is 53.9 Å². The first-order valence-corrected chi connectivity index (χ1v) is 8.07.